The highest BCUT2D eigenvalue weighted by atomic mass is 32.1. The van der Waals surface area contributed by atoms with Crippen molar-refractivity contribution in [2.24, 2.45) is 11.7 Å². The van der Waals surface area contributed by atoms with Gasteiger partial charge in [0.15, 0.2) is 0 Å². The summed E-state index contributed by atoms with van der Waals surface area (Å²) in [5, 5.41) is 3.33. The predicted octanol–water partition coefficient (Wildman–Crippen LogP) is 4.15. The molecule has 1 atom stereocenters. The van der Waals surface area contributed by atoms with E-state index in [2.05, 4.69) is 5.32 Å². The SMILES string of the molecule is N[C@@H](CC1CC1)C(=O)N1CCn2c(nc(-c3ccc(F)cc3)c2Nc2ccc(F)cc2)C1.S. The van der Waals surface area contributed by atoms with Crippen LogP contribution in [0.5, 0.6) is 0 Å². The Morgan fingerprint density at radius 2 is 1.70 bits per heavy atom. The standard InChI is InChI=1S/C24H25F2N5O.H2S/c25-17-5-3-16(4-6-17)22-23(28-19-9-7-18(26)8-10-19)31-12-11-30(14-21(31)29-22)24(32)20(27)13-15-1-2-15;/h3-10,15,20,28H,1-2,11-14,27H2;1H2/t20-;/m0./s1. The largest absolute Gasteiger partial charge is 0.340 e. The Labute approximate surface area is 198 Å². The monoisotopic (exact) mass is 471 g/mol. The number of imidazole rings is 1. The highest BCUT2D eigenvalue weighted by molar-refractivity contribution is 7.59. The van der Waals surface area contributed by atoms with Crippen molar-refractivity contribution in [2.45, 2.75) is 38.4 Å². The molecule has 1 aromatic heterocycles. The van der Waals surface area contributed by atoms with Crippen LogP contribution in [-0.2, 0) is 17.9 Å². The molecule has 1 aliphatic heterocycles. The van der Waals surface area contributed by atoms with E-state index in [4.69, 9.17) is 10.7 Å². The molecular weight excluding hydrogens is 444 g/mol. The lowest BCUT2D eigenvalue weighted by molar-refractivity contribution is -0.134. The van der Waals surface area contributed by atoms with Gasteiger partial charge in [0.05, 0.1) is 12.6 Å². The number of fused-ring (bicyclic) bond motifs is 1. The quantitative estimate of drug-likeness (QED) is 0.566. The highest BCUT2D eigenvalue weighted by Gasteiger charge is 2.32. The molecule has 2 aromatic carbocycles. The zero-order chi connectivity index (χ0) is 22.2. The van der Waals surface area contributed by atoms with E-state index in [-0.39, 0.29) is 31.0 Å². The van der Waals surface area contributed by atoms with Crippen molar-refractivity contribution in [1.29, 1.82) is 0 Å². The van der Waals surface area contributed by atoms with Crippen molar-refractivity contribution >= 4 is 30.9 Å². The van der Waals surface area contributed by atoms with Gasteiger partial charge in [-0.1, -0.05) is 12.8 Å². The fourth-order valence-electron chi connectivity index (χ4n) is 4.17. The second-order valence-electron chi connectivity index (χ2n) is 8.56. The highest BCUT2D eigenvalue weighted by Crippen LogP contribution is 2.35. The number of anilines is 2. The minimum atomic E-state index is -0.475. The van der Waals surface area contributed by atoms with Crippen molar-refractivity contribution in [1.82, 2.24) is 14.5 Å². The molecule has 9 heteroatoms. The maximum absolute atomic E-state index is 13.5. The van der Waals surface area contributed by atoms with Crippen molar-refractivity contribution < 1.29 is 13.6 Å². The van der Waals surface area contributed by atoms with Gasteiger partial charge in [-0.05, 0) is 60.9 Å². The number of benzene rings is 2. The van der Waals surface area contributed by atoms with Gasteiger partial charge in [-0.2, -0.15) is 13.5 Å². The second-order valence-corrected chi connectivity index (χ2v) is 8.56. The van der Waals surface area contributed by atoms with E-state index in [9.17, 15) is 13.6 Å². The summed E-state index contributed by atoms with van der Waals surface area (Å²) in [6.07, 6.45) is 3.05. The van der Waals surface area contributed by atoms with Gasteiger partial charge < -0.3 is 20.5 Å². The van der Waals surface area contributed by atoms with E-state index in [0.717, 1.165) is 36.5 Å². The molecule has 0 saturated heterocycles. The summed E-state index contributed by atoms with van der Waals surface area (Å²) in [5.41, 5.74) is 8.28. The maximum atomic E-state index is 13.5. The number of aromatic nitrogens is 2. The van der Waals surface area contributed by atoms with Crippen LogP contribution in [0.2, 0.25) is 0 Å². The molecule has 0 bridgehead atoms. The van der Waals surface area contributed by atoms with Crippen molar-refractivity contribution in [3.63, 3.8) is 0 Å². The molecule has 33 heavy (non-hydrogen) atoms. The van der Waals surface area contributed by atoms with Crippen molar-refractivity contribution in [3.8, 4) is 11.3 Å². The van der Waals surface area contributed by atoms with E-state index in [1.165, 1.54) is 24.3 Å². The van der Waals surface area contributed by atoms with Crippen LogP contribution in [0, 0.1) is 17.6 Å². The summed E-state index contributed by atoms with van der Waals surface area (Å²) in [4.78, 5) is 19.4. The Morgan fingerprint density at radius 1 is 1.06 bits per heavy atom. The topological polar surface area (TPSA) is 76.2 Å². The second kappa shape index (κ2) is 9.52. The molecule has 0 radical (unpaired) electrons. The van der Waals surface area contributed by atoms with Crippen LogP contribution in [0.3, 0.4) is 0 Å². The fourth-order valence-corrected chi connectivity index (χ4v) is 4.17. The summed E-state index contributed by atoms with van der Waals surface area (Å²) < 4.78 is 28.9. The average Bonchev–Trinajstić information content (AvgIpc) is 3.54. The summed E-state index contributed by atoms with van der Waals surface area (Å²) in [6.45, 7) is 1.44. The zero-order valence-electron chi connectivity index (χ0n) is 18.1. The van der Waals surface area contributed by atoms with Gasteiger partial charge in [-0.15, -0.1) is 0 Å². The van der Waals surface area contributed by atoms with Crippen LogP contribution in [0.4, 0.5) is 20.3 Å². The lowest BCUT2D eigenvalue weighted by Gasteiger charge is -2.30. The number of nitrogens with two attached hydrogens (primary N) is 1. The lowest BCUT2D eigenvalue weighted by Crippen LogP contribution is -2.47. The normalized spacial score (nSPS) is 16.0. The van der Waals surface area contributed by atoms with Crippen LogP contribution in [0.1, 0.15) is 25.1 Å². The number of hydrogen-bond acceptors (Lipinski definition) is 4. The van der Waals surface area contributed by atoms with Crippen molar-refractivity contribution in [3.05, 3.63) is 66.0 Å². The molecule has 1 saturated carbocycles. The van der Waals surface area contributed by atoms with Gasteiger partial charge in [0.25, 0.3) is 0 Å². The van der Waals surface area contributed by atoms with Gasteiger partial charge in [0, 0.05) is 24.3 Å². The molecule has 5 rings (SSSR count). The van der Waals surface area contributed by atoms with Crippen molar-refractivity contribution in [2.75, 3.05) is 11.9 Å². The van der Waals surface area contributed by atoms with E-state index in [0.29, 0.717) is 36.9 Å². The van der Waals surface area contributed by atoms with Crippen LogP contribution >= 0.6 is 13.5 Å². The molecule has 2 heterocycles. The minimum absolute atomic E-state index is 0. The zero-order valence-corrected chi connectivity index (χ0v) is 19.1. The molecule has 3 N–H and O–H groups in total. The van der Waals surface area contributed by atoms with Crippen LogP contribution < -0.4 is 11.1 Å². The Bertz CT molecular complexity index is 1130. The van der Waals surface area contributed by atoms with Gasteiger partial charge in [-0.3, -0.25) is 4.79 Å². The van der Waals surface area contributed by atoms with Gasteiger partial charge in [0.1, 0.15) is 29.0 Å². The Kier molecular flexibility index (Phi) is 6.71. The first-order valence-electron chi connectivity index (χ1n) is 10.9. The number of amides is 1. The molecular formula is C24H27F2N5OS. The van der Waals surface area contributed by atoms with Crippen LogP contribution in [-0.4, -0.2) is 32.9 Å². The molecule has 6 nitrogen and oxygen atoms in total. The molecule has 1 aliphatic carbocycles. The van der Waals surface area contributed by atoms with E-state index in [1.54, 1.807) is 29.2 Å². The number of nitrogens with zero attached hydrogens (tertiary/aromatic N) is 3. The molecule has 1 amide bonds. The van der Waals surface area contributed by atoms with Crippen LogP contribution in [0.25, 0.3) is 11.3 Å². The van der Waals surface area contributed by atoms with Gasteiger partial charge in [0.2, 0.25) is 5.91 Å². The average molecular weight is 472 g/mol. The molecule has 1 fully saturated rings. The lowest BCUT2D eigenvalue weighted by atomic mass is 10.1. The van der Waals surface area contributed by atoms with Gasteiger partial charge in [-0.25, -0.2) is 13.8 Å². The Hall–Kier alpha value is -2.91. The summed E-state index contributed by atoms with van der Waals surface area (Å²) in [7, 11) is 0. The third-order valence-corrected chi connectivity index (χ3v) is 6.11. The number of carbonyl (C=O) groups is 1. The van der Waals surface area contributed by atoms with E-state index in [1.807, 2.05) is 4.57 Å². The van der Waals surface area contributed by atoms with Crippen LogP contribution in [0.15, 0.2) is 48.5 Å². The number of hydrogen-bond donors (Lipinski definition) is 2. The molecule has 3 aromatic rings. The Morgan fingerprint density at radius 3 is 2.33 bits per heavy atom. The predicted molar refractivity (Wildman–Crippen MR) is 128 cm³/mol. The number of rotatable bonds is 6. The first-order chi connectivity index (χ1) is 15.5. The molecule has 0 unspecified atom stereocenters. The maximum Gasteiger partial charge on any atom is 0.239 e. The summed E-state index contributed by atoms with van der Waals surface area (Å²) in [6, 6.07) is 11.7. The third-order valence-electron chi connectivity index (χ3n) is 6.11. The molecule has 0 spiro atoms. The number of carbonyl (C=O) groups excluding carboxylic acids is 1. The van der Waals surface area contributed by atoms with E-state index >= 15 is 0 Å². The summed E-state index contributed by atoms with van der Waals surface area (Å²) in [5.74, 6) is 1.35. The van der Waals surface area contributed by atoms with E-state index < -0.39 is 6.04 Å². The first kappa shape index (κ1) is 23.3. The Balaban J connectivity index is 0.00000259. The first-order valence-corrected chi connectivity index (χ1v) is 10.9. The summed E-state index contributed by atoms with van der Waals surface area (Å²) >= 11 is 0. The minimum Gasteiger partial charge on any atom is -0.340 e. The fraction of sp³-hybridized carbons (Fsp3) is 0.333. The molecule has 2 aliphatic rings. The molecule has 174 valence electrons. The number of halogens is 2. The van der Waals surface area contributed by atoms with Gasteiger partial charge >= 0.3 is 0 Å². The number of nitrogens with one attached hydrogen (secondary N) is 1. The smallest absolute Gasteiger partial charge is 0.239 e. The third kappa shape index (κ3) is 5.04.